The van der Waals surface area contributed by atoms with Crippen LogP contribution in [0.5, 0.6) is 0 Å². The van der Waals surface area contributed by atoms with Gasteiger partial charge < -0.3 is 4.74 Å². The minimum atomic E-state index is -0.179. The van der Waals surface area contributed by atoms with E-state index >= 15 is 0 Å². The monoisotopic (exact) mass is 284 g/mol. The normalized spacial score (nSPS) is 12.8. The third-order valence-electron chi connectivity index (χ3n) is 3.69. The summed E-state index contributed by atoms with van der Waals surface area (Å²) in [4.78, 5) is 11.6. The zero-order valence-corrected chi connectivity index (χ0v) is 12.0. The topological polar surface area (TPSA) is 26.3 Å². The van der Waals surface area contributed by atoms with Crippen molar-refractivity contribution in [3.8, 4) is 11.1 Å². The van der Waals surface area contributed by atoms with Crippen LogP contribution in [0.2, 0.25) is 0 Å². The molecule has 3 rings (SSSR count). The molecule has 0 heterocycles. The molecule has 1 aliphatic carbocycles. The quantitative estimate of drug-likeness (QED) is 0.685. The Balaban J connectivity index is 1.89. The fourth-order valence-corrected chi connectivity index (χ4v) is 2.96. The number of hydrogen-bond donors (Lipinski definition) is 1. The number of thiol groups is 1. The van der Waals surface area contributed by atoms with E-state index in [1.54, 1.807) is 0 Å². The van der Waals surface area contributed by atoms with Crippen molar-refractivity contribution in [3.05, 3.63) is 59.7 Å². The smallest absolute Gasteiger partial charge is 0.306 e. The fourth-order valence-electron chi connectivity index (χ4n) is 2.78. The lowest BCUT2D eigenvalue weighted by molar-refractivity contribution is -0.143. The van der Waals surface area contributed by atoms with E-state index in [1.165, 1.54) is 22.3 Å². The van der Waals surface area contributed by atoms with Crippen molar-refractivity contribution < 1.29 is 9.53 Å². The average Bonchev–Trinajstić information content (AvgIpc) is 2.80. The van der Waals surface area contributed by atoms with Crippen LogP contribution in [0.25, 0.3) is 11.1 Å². The summed E-state index contributed by atoms with van der Waals surface area (Å²) in [5.74, 6) is 0.490. The SMILES string of the molecule is O=C(CCS)OCC1c2ccccc2-c2ccccc21. The molecule has 0 atom stereocenters. The van der Waals surface area contributed by atoms with Gasteiger partial charge in [0.25, 0.3) is 0 Å². The number of hydrogen-bond acceptors (Lipinski definition) is 3. The highest BCUT2D eigenvalue weighted by molar-refractivity contribution is 7.80. The van der Waals surface area contributed by atoms with E-state index in [9.17, 15) is 4.79 Å². The van der Waals surface area contributed by atoms with Crippen LogP contribution >= 0.6 is 12.6 Å². The zero-order valence-electron chi connectivity index (χ0n) is 11.1. The maximum Gasteiger partial charge on any atom is 0.306 e. The lowest BCUT2D eigenvalue weighted by atomic mass is 9.98. The van der Waals surface area contributed by atoms with E-state index in [0.29, 0.717) is 18.8 Å². The molecule has 2 nitrogen and oxygen atoms in total. The largest absolute Gasteiger partial charge is 0.465 e. The number of rotatable bonds is 4. The first-order valence-electron chi connectivity index (χ1n) is 6.76. The first kappa shape index (κ1) is 13.3. The third kappa shape index (κ3) is 2.34. The lowest BCUT2D eigenvalue weighted by Gasteiger charge is -2.13. The van der Waals surface area contributed by atoms with Crippen LogP contribution < -0.4 is 0 Å². The number of esters is 1. The minimum absolute atomic E-state index is 0.145. The molecule has 0 saturated carbocycles. The molecule has 2 aromatic carbocycles. The molecule has 0 aromatic heterocycles. The van der Waals surface area contributed by atoms with Gasteiger partial charge in [0.2, 0.25) is 0 Å². The molecule has 0 spiro atoms. The molecular weight excluding hydrogens is 268 g/mol. The maximum atomic E-state index is 11.6. The third-order valence-corrected chi connectivity index (χ3v) is 3.91. The molecule has 0 saturated heterocycles. The Morgan fingerprint density at radius 3 is 2.10 bits per heavy atom. The molecule has 0 amide bonds. The predicted octanol–water partition coefficient (Wildman–Crippen LogP) is 3.66. The Bertz CT molecular complexity index is 591. The van der Waals surface area contributed by atoms with Crippen LogP contribution in [0.3, 0.4) is 0 Å². The summed E-state index contributed by atoms with van der Waals surface area (Å²) in [5, 5.41) is 0. The Hall–Kier alpha value is -1.74. The summed E-state index contributed by atoms with van der Waals surface area (Å²) >= 11 is 4.05. The van der Waals surface area contributed by atoms with Crippen molar-refractivity contribution in [2.45, 2.75) is 12.3 Å². The van der Waals surface area contributed by atoms with Gasteiger partial charge >= 0.3 is 5.97 Å². The van der Waals surface area contributed by atoms with Gasteiger partial charge in [0.05, 0.1) is 6.42 Å². The van der Waals surface area contributed by atoms with Gasteiger partial charge in [-0.15, -0.1) is 0 Å². The van der Waals surface area contributed by atoms with Crippen molar-refractivity contribution in [3.63, 3.8) is 0 Å². The summed E-state index contributed by atoms with van der Waals surface area (Å²) < 4.78 is 5.39. The fraction of sp³-hybridized carbons (Fsp3) is 0.235. The van der Waals surface area contributed by atoms with Crippen molar-refractivity contribution in [2.75, 3.05) is 12.4 Å². The molecule has 0 bridgehead atoms. The van der Waals surface area contributed by atoms with Crippen LogP contribution in [0.15, 0.2) is 48.5 Å². The second kappa shape index (κ2) is 5.71. The summed E-state index contributed by atoms with van der Waals surface area (Å²) in [7, 11) is 0. The van der Waals surface area contributed by atoms with Crippen molar-refractivity contribution in [1.29, 1.82) is 0 Å². The molecule has 0 unspecified atom stereocenters. The summed E-state index contributed by atoms with van der Waals surface area (Å²) in [6.07, 6.45) is 0.360. The molecule has 0 fully saturated rings. The van der Waals surface area contributed by atoms with E-state index in [-0.39, 0.29) is 11.9 Å². The summed E-state index contributed by atoms with van der Waals surface area (Å²) in [6.45, 7) is 0.403. The number of ether oxygens (including phenoxy) is 1. The van der Waals surface area contributed by atoms with Gasteiger partial charge in [-0.3, -0.25) is 4.79 Å². The number of fused-ring (bicyclic) bond motifs is 3. The first-order valence-corrected chi connectivity index (χ1v) is 7.39. The molecular formula is C17H16O2S. The summed E-state index contributed by atoms with van der Waals surface area (Å²) in [6, 6.07) is 16.7. The number of carbonyl (C=O) groups is 1. The lowest BCUT2D eigenvalue weighted by Crippen LogP contribution is -2.12. The van der Waals surface area contributed by atoms with E-state index < -0.39 is 0 Å². The molecule has 0 N–H and O–H groups in total. The predicted molar refractivity (Wildman–Crippen MR) is 83.2 cm³/mol. The Kier molecular flexibility index (Phi) is 3.79. The van der Waals surface area contributed by atoms with Crippen LogP contribution in [0, 0.1) is 0 Å². The highest BCUT2D eigenvalue weighted by Gasteiger charge is 2.28. The highest BCUT2D eigenvalue weighted by atomic mass is 32.1. The van der Waals surface area contributed by atoms with Gasteiger partial charge in [-0.25, -0.2) is 0 Å². The second-order valence-corrected chi connectivity index (χ2v) is 5.33. The van der Waals surface area contributed by atoms with Crippen LogP contribution in [-0.2, 0) is 9.53 Å². The van der Waals surface area contributed by atoms with Crippen molar-refractivity contribution >= 4 is 18.6 Å². The first-order chi connectivity index (χ1) is 9.81. The molecule has 3 heteroatoms. The van der Waals surface area contributed by atoms with Crippen LogP contribution in [-0.4, -0.2) is 18.3 Å². The summed E-state index contributed by atoms with van der Waals surface area (Å²) in [5.41, 5.74) is 4.98. The van der Waals surface area contributed by atoms with Gasteiger partial charge in [0, 0.05) is 11.7 Å². The van der Waals surface area contributed by atoms with Gasteiger partial charge in [0.1, 0.15) is 6.61 Å². The van der Waals surface area contributed by atoms with E-state index in [1.807, 2.05) is 24.3 Å². The van der Waals surface area contributed by atoms with Crippen LogP contribution in [0.1, 0.15) is 23.5 Å². The standard InChI is InChI=1S/C17H16O2S/c18-17(9-10-20)19-11-16-14-7-3-1-5-12(14)13-6-2-4-8-15(13)16/h1-8,16,20H,9-11H2. The van der Waals surface area contributed by atoms with Gasteiger partial charge in [0.15, 0.2) is 0 Å². The van der Waals surface area contributed by atoms with Crippen molar-refractivity contribution in [2.24, 2.45) is 0 Å². The van der Waals surface area contributed by atoms with E-state index in [2.05, 4.69) is 36.9 Å². The molecule has 0 radical (unpaired) electrons. The maximum absolute atomic E-state index is 11.6. The van der Waals surface area contributed by atoms with Gasteiger partial charge in [-0.05, 0) is 22.3 Å². The van der Waals surface area contributed by atoms with Gasteiger partial charge in [-0.1, -0.05) is 48.5 Å². The minimum Gasteiger partial charge on any atom is -0.465 e. The number of benzene rings is 2. The molecule has 20 heavy (non-hydrogen) atoms. The molecule has 0 aliphatic heterocycles. The Morgan fingerprint density at radius 2 is 1.55 bits per heavy atom. The zero-order chi connectivity index (χ0) is 13.9. The van der Waals surface area contributed by atoms with Gasteiger partial charge in [-0.2, -0.15) is 12.6 Å². The molecule has 2 aromatic rings. The molecule has 102 valence electrons. The van der Waals surface area contributed by atoms with Crippen molar-refractivity contribution in [1.82, 2.24) is 0 Å². The van der Waals surface area contributed by atoms with E-state index in [4.69, 9.17) is 4.74 Å². The second-order valence-electron chi connectivity index (χ2n) is 4.88. The average molecular weight is 284 g/mol. The van der Waals surface area contributed by atoms with E-state index in [0.717, 1.165) is 0 Å². The Labute approximate surface area is 124 Å². The molecule has 1 aliphatic rings. The van der Waals surface area contributed by atoms with Crippen LogP contribution in [0.4, 0.5) is 0 Å². The highest BCUT2D eigenvalue weighted by Crippen LogP contribution is 2.44. The number of carbonyl (C=O) groups excluding carboxylic acids is 1. The Morgan fingerprint density at radius 1 is 1.00 bits per heavy atom.